The van der Waals surface area contributed by atoms with E-state index in [0.29, 0.717) is 0 Å². The van der Waals surface area contributed by atoms with E-state index in [1.807, 2.05) is 24.0 Å². The molecule has 1 rings (SSSR count). The van der Waals surface area contributed by atoms with Crippen molar-refractivity contribution in [3.05, 3.63) is 22.8 Å². The zero-order valence-corrected chi connectivity index (χ0v) is 14.1. The maximum Gasteiger partial charge on any atom is 0.110 e. The molecular formula is C14H22BrNS2. The zero-order valence-electron chi connectivity index (χ0n) is 10.8. The number of hydrogen-bond donors (Lipinski definition) is 1. The van der Waals surface area contributed by atoms with Gasteiger partial charge in [0, 0.05) is 10.7 Å². The van der Waals surface area contributed by atoms with Gasteiger partial charge in [0.05, 0.1) is 0 Å². The molecule has 1 heterocycles. The molecule has 18 heavy (non-hydrogen) atoms. The summed E-state index contributed by atoms with van der Waals surface area (Å²) >= 11 is 9.60. The molecule has 0 aromatic carbocycles. The minimum absolute atomic E-state index is 1.04. The van der Waals surface area contributed by atoms with Crippen molar-refractivity contribution in [2.45, 2.75) is 50.0 Å². The molecule has 0 N–H and O–H groups in total. The monoisotopic (exact) mass is 347 g/mol. The molecule has 0 saturated heterocycles. The molecule has 1 aromatic rings. The van der Waals surface area contributed by atoms with Crippen molar-refractivity contribution >= 4 is 40.3 Å². The van der Waals surface area contributed by atoms with Crippen LogP contribution in [0, 0.1) is 0 Å². The molecule has 0 aliphatic rings. The van der Waals surface area contributed by atoms with Crippen molar-refractivity contribution in [3.8, 4) is 0 Å². The molecule has 0 radical (unpaired) electrons. The largest absolute Gasteiger partial charge is 0.249 e. The van der Waals surface area contributed by atoms with Gasteiger partial charge in [0.25, 0.3) is 0 Å². The van der Waals surface area contributed by atoms with Crippen molar-refractivity contribution in [1.29, 1.82) is 0 Å². The van der Waals surface area contributed by atoms with E-state index in [2.05, 4.69) is 39.6 Å². The summed E-state index contributed by atoms with van der Waals surface area (Å²) < 4.78 is 1.11. The first-order chi connectivity index (χ1) is 8.84. The van der Waals surface area contributed by atoms with Gasteiger partial charge < -0.3 is 0 Å². The van der Waals surface area contributed by atoms with Gasteiger partial charge in [0.2, 0.25) is 0 Å². The Morgan fingerprint density at radius 3 is 2.39 bits per heavy atom. The Bertz CT molecular complexity index is 320. The van der Waals surface area contributed by atoms with E-state index in [0.717, 1.165) is 15.3 Å². The first-order valence-corrected chi connectivity index (χ1v) is 9.10. The molecule has 0 bridgehead atoms. The number of hydrogen-bond acceptors (Lipinski definition) is 3. The van der Waals surface area contributed by atoms with E-state index in [-0.39, 0.29) is 0 Å². The average molecular weight is 348 g/mol. The van der Waals surface area contributed by atoms with Gasteiger partial charge in [0.15, 0.2) is 0 Å². The maximum atomic E-state index is 4.35. The quantitative estimate of drug-likeness (QED) is 0.336. The number of halogens is 1. The highest BCUT2D eigenvalue weighted by Gasteiger charge is 2.00. The highest BCUT2D eigenvalue weighted by molar-refractivity contribution is 9.10. The third kappa shape index (κ3) is 7.70. The summed E-state index contributed by atoms with van der Waals surface area (Å²) in [5.41, 5.74) is 0. The van der Waals surface area contributed by atoms with Gasteiger partial charge >= 0.3 is 0 Å². The fraction of sp³-hybridized carbons (Fsp3) is 0.643. The van der Waals surface area contributed by atoms with E-state index in [1.165, 1.54) is 50.7 Å². The van der Waals surface area contributed by atoms with Gasteiger partial charge in [-0.2, -0.15) is 12.6 Å². The standard InChI is InChI=1S/C14H22BrNS2/c15-13-9-8-10-16-14(13)18-12-7-5-3-1-2-4-6-11-17/h8-10,17H,1-7,11-12H2. The number of nitrogens with zero attached hydrogens (tertiary/aromatic N) is 1. The third-order valence-corrected chi connectivity index (χ3v) is 5.08. The average Bonchev–Trinajstić information content (AvgIpc) is 2.39. The Hall–Kier alpha value is 0.330. The minimum atomic E-state index is 1.04. The van der Waals surface area contributed by atoms with Crippen LogP contribution in [0.4, 0.5) is 0 Å². The van der Waals surface area contributed by atoms with Crippen molar-refractivity contribution in [1.82, 2.24) is 4.98 Å². The van der Waals surface area contributed by atoms with Crippen LogP contribution in [-0.2, 0) is 0 Å². The summed E-state index contributed by atoms with van der Waals surface area (Å²) in [6, 6.07) is 4.01. The van der Waals surface area contributed by atoms with Crippen LogP contribution in [0.25, 0.3) is 0 Å². The van der Waals surface area contributed by atoms with Crippen LogP contribution >= 0.6 is 40.3 Å². The van der Waals surface area contributed by atoms with E-state index in [9.17, 15) is 0 Å². The van der Waals surface area contributed by atoms with Crippen molar-refractivity contribution in [2.75, 3.05) is 11.5 Å². The van der Waals surface area contributed by atoms with Crippen molar-refractivity contribution in [2.24, 2.45) is 0 Å². The van der Waals surface area contributed by atoms with Gasteiger partial charge in [-0.15, -0.1) is 11.8 Å². The number of pyridine rings is 1. The smallest absolute Gasteiger partial charge is 0.110 e. The summed E-state index contributed by atoms with van der Waals surface area (Å²) in [5.74, 6) is 2.21. The molecule has 0 fully saturated rings. The second-order valence-electron chi connectivity index (χ2n) is 4.34. The Kier molecular flexibility index (Phi) is 10.2. The normalized spacial score (nSPS) is 10.8. The predicted octanol–water partition coefficient (Wildman–Crippen LogP) is 5.60. The van der Waals surface area contributed by atoms with E-state index in [4.69, 9.17) is 0 Å². The lowest BCUT2D eigenvalue weighted by Gasteiger charge is -2.03. The van der Waals surface area contributed by atoms with Crippen LogP contribution in [0.15, 0.2) is 27.8 Å². The van der Waals surface area contributed by atoms with Gasteiger partial charge in [0.1, 0.15) is 5.03 Å². The molecule has 102 valence electrons. The fourth-order valence-electron chi connectivity index (χ4n) is 1.74. The van der Waals surface area contributed by atoms with E-state index in [1.54, 1.807) is 0 Å². The van der Waals surface area contributed by atoms with Crippen LogP contribution in [0.3, 0.4) is 0 Å². The second kappa shape index (κ2) is 11.2. The molecule has 0 amide bonds. The maximum absolute atomic E-state index is 4.35. The van der Waals surface area contributed by atoms with Crippen LogP contribution < -0.4 is 0 Å². The first-order valence-electron chi connectivity index (χ1n) is 6.69. The Morgan fingerprint density at radius 2 is 1.72 bits per heavy atom. The summed E-state index contributed by atoms with van der Waals surface area (Å²) in [5, 5.41) is 1.12. The molecule has 0 aliphatic heterocycles. The number of thiol groups is 1. The summed E-state index contributed by atoms with van der Waals surface area (Å²) in [4.78, 5) is 4.35. The molecule has 1 aromatic heterocycles. The molecule has 0 spiro atoms. The second-order valence-corrected chi connectivity index (χ2v) is 6.72. The zero-order chi connectivity index (χ0) is 13.1. The first kappa shape index (κ1) is 16.4. The van der Waals surface area contributed by atoms with Gasteiger partial charge in [-0.1, -0.05) is 32.1 Å². The van der Waals surface area contributed by atoms with Gasteiger partial charge in [-0.25, -0.2) is 4.98 Å². The Morgan fingerprint density at radius 1 is 1.06 bits per heavy atom. The summed E-state index contributed by atoms with van der Waals surface area (Å²) in [6.45, 7) is 0. The van der Waals surface area contributed by atoms with Crippen LogP contribution in [-0.4, -0.2) is 16.5 Å². The van der Waals surface area contributed by atoms with E-state index < -0.39 is 0 Å². The number of thioether (sulfide) groups is 1. The molecule has 0 unspecified atom stereocenters. The van der Waals surface area contributed by atoms with Crippen LogP contribution in [0.5, 0.6) is 0 Å². The molecule has 0 saturated carbocycles. The lowest BCUT2D eigenvalue weighted by Crippen LogP contribution is -1.86. The third-order valence-electron chi connectivity index (χ3n) is 2.77. The molecule has 4 heteroatoms. The van der Waals surface area contributed by atoms with Gasteiger partial charge in [-0.3, -0.25) is 0 Å². The predicted molar refractivity (Wildman–Crippen MR) is 88.8 cm³/mol. The van der Waals surface area contributed by atoms with Crippen molar-refractivity contribution in [3.63, 3.8) is 0 Å². The Balaban J connectivity index is 1.94. The number of aromatic nitrogens is 1. The van der Waals surface area contributed by atoms with Crippen molar-refractivity contribution < 1.29 is 0 Å². The highest BCUT2D eigenvalue weighted by atomic mass is 79.9. The Labute approximate surface area is 129 Å². The summed E-state index contributed by atoms with van der Waals surface area (Å²) in [7, 11) is 0. The minimum Gasteiger partial charge on any atom is -0.249 e. The molecule has 1 nitrogen and oxygen atoms in total. The topological polar surface area (TPSA) is 12.9 Å². The lowest BCUT2D eigenvalue weighted by atomic mass is 10.1. The van der Waals surface area contributed by atoms with Crippen LogP contribution in [0.1, 0.15) is 44.9 Å². The molecule has 0 aliphatic carbocycles. The summed E-state index contributed by atoms with van der Waals surface area (Å²) in [6.07, 6.45) is 11.2. The van der Waals surface area contributed by atoms with Crippen LogP contribution in [0.2, 0.25) is 0 Å². The molecular weight excluding hydrogens is 326 g/mol. The number of unbranched alkanes of at least 4 members (excludes halogenated alkanes) is 6. The van der Waals surface area contributed by atoms with Gasteiger partial charge in [-0.05, 0) is 52.4 Å². The molecule has 0 atom stereocenters. The number of rotatable bonds is 10. The highest BCUT2D eigenvalue weighted by Crippen LogP contribution is 2.25. The van der Waals surface area contributed by atoms with E-state index >= 15 is 0 Å². The SMILES string of the molecule is SCCCCCCCCCSc1ncccc1Br. The fourth-order valence-corrected chi connectivity index (χ4v) is 3.45. The lowest BCUT2D eigenvalue weighted by molar-refractivity contribution is 0.605.